The topological polar surface area (TPSA) is 97.1 Å². The molecule has 25 aromatic rings. The first-order valence-electron chi connectivity index (χ1n) is 41.8. The Morgan fingerprint density at radius 3 is 0.779 bits per heavy atom. The summed E-state index contributed by atoms with van der Waals surface area (Å²) in [6.07, 6.45) is 0. The Morgan fingerprint density at radius 2 is 0.443 bits per heavy atom. The minimum atomic E-state index is -0.115. The van der Waals surface area contributed by atoms with Gasteiger partial charge in [0.1, 0.15) is 0 Å². The van der Waals surface area contributed by atoms with Crippen LogP contribution in [0.1, 0.15) is 16.7 Å². The Kier molecular flexibility index (Phi) is 15.3. The molecule has 10 nitrogen and oxygen atoms in total. The van der Waals surface area contributed by atoms with Crippen molar-refractivity contribution in [1.29, 1.82) is 0 Å². The van der Waals surface area contributed by atoms with Crippen molar-refractivity contribution in [1.82, 2.24) is 48.2 Å². The van der Waals surface area contributed by atoms with Gasteiger partial charge in [-0.15, -0.1) is 0 Å². The third-order valence-electron chi connectivity index (χ3n) is 25.6. The van der Waals surface area contributed by atoms with Crippen LogP contribution in [0.25, 0.3) is 221 Å². The van der Waals surface area contributed by atoms with Crippen LogP contribution in [0.4, 0.5) is 0 Å². The fraction of sp³-hybridized carbons (Fsp3) is 0.0270. The number of nitrogens with zero attached hydrogens (tertiary/aromatic N) is 10. The monoisotopic (exact) mass is 1550 g/mol. The van der Waals surface area contributed by atoms with Crippen LogP contribution in [0, 0.1) is 20.8 Å². The van der Waals surface area contributed by atoms with Crippen molar-refractivity contribution < 1.29 is 0 Å². The van der Waals surface area contributed by atoms with Gasteiger partial charge in [-0.25, -0.2) is 9.97 Å². The molecule has 0 fully saturated rings. The third kappa shape index (κ3) is 10.6. The summed E-state index contributed by atoms with van der Waals surface area (Å²) in [5, 5.41) is 23.6. The summed E-state index contributed by atoms with van der Waals surface area (Å²) in [5.74, 6) is 3.59. The van der Waals surface area contributed by atoms with Crippen LogP contribution in [-0.2, 0) is 0 Å². The molecule has 0 bridgehead atoms. The Morgan fingerprint density at radius 1 is 0.189 bits per heavy atom. The molecule has 0 saturated carbocycles. The minimum absolute atomic E-state index is 0.115. The van der Waals surface area contributed by atoms with E-state index in [1.165, 1.54) is 97.7 Å². The lowest BCUT2D eigenvalue weighted by molar-refractivity contribution is 0.953. The van der Waals surface area contributed by atoms with Crippen LogP contribution in [-0.4, -0.2) is 54.9 Å². The molecular formula is C111H71BN10. The molecule has 25 rings (SSSR count). The second kappa shape index (κ2) is 27.0. The lowest BCUT2D eigenvalue weighted by Gasteiger charge is -2.23. The quantitative estimate of drug-likeness (QED) is 0.0945. The standard InChI is InChI=1S/C111H71BN10/c1-66-56-67(2)105(68(3)57-66)112(73-48-52-81-83-55-51-75(60-91(83)80-39-19-18-38-79(80)89(81)58-73)119-97-44-24-20-40-85(97)93-64-103-95(62-101(93)119)87-42-22-26-46-99(87)121(103)110-115-106(69-28-8-4-9-29-69)113-107(116-110)70-30-10-5-11-31-70)74-49-53-84-90(59-74)78-37-17-16-36-77(78)82-54-50-76(61-92(82)84)120-98-45-25-21-41-86(98)94-65-104-96(63-102(94)120)88-43-23-27-47-100(88)122(104)111-117-108(71-32-12-6-13-33-71)114-109(118-111)72-34-14-7-15-35-72/h4-65H,1-3H3. The molecule has 0 N–H and O–H groups in total. The third-order valence-corrected chi connectivity index (χ3v) is 25.6. The average molecular weight is 1560 g/mol. The number of aromatic nitrogens is 10. The number of hydrogen-bond acceptors (Lipinski definition) is 6. The van der Waals surface area contributed by atoms with Gasteiger partial charge in [0.25, 0.3) is 0 Å². The zero-order chi connectivity index (χ0) is 80.5. The number of aryl methyl sites for hydroxylation is 3. The molecule has 19 aromatic carbocycles. The highest BCUT2D eigenvalue weighted by Gasteiger charge is 2.30. The summed E-state index contributed by atoms with van der Waals surface area (Å²) in [4.78, 5) is 31.4. The molecule has 568 valence electrons. The Labute approximate surface area is 700 Å². The van der Waals surface area contributed by atoms with Gasteiger partial charge >= 0.3 is 0 Å². The highest BCUT2D eigenvalue weighted by atomic mass is 15.2. The molecule has 0 unspecified atom stereocenters. The van der Waals surface area contributed by atoms with Gasteiger partial charge in [-0.05, 0) is 158 Å². The first-order chi connectivity index (χ1) is 60.2. The largest absolute Gasteiger partial charge is 0.309 e. The SMILES string of the molecule is Cc1cc(C)c(B(c2ccc3c4ccc(-n5c6ccccc6c6cc7c(cc65)c5ccccc5n7-c5nc(-c6ccccc6)nc(-c6ccccc6)n5)cc4c4ccccc4c3c2)c2ccc3c(c2)c2ccccc2c2ccc(-n4c5ccccc5c5cc6c(cc54)c4ccccc4n6-c4nc(-c5ccccc5)nc(-c5ccccc5)n4)cc23)c(C)c1. The zero-order valence-electron chi connectivity index (χ0n) is 66.8. The maximum atomic E-state index is 5.31. The van der Waals surface area contributed by atoms with E-state index in [2.05, 4.69) is 342 Å². The molecule has 0 atom stereocenters. The smallest absolute Gasteiger partial charge is 0.241 e. The molecule has 11 heteroatoms. The van der Waals surface area contributed by atoms with Gasteiger partial charge in [0.15, 0.2) is 23.3 Å². The van der Waals surface area contributed by atoms with E-state index in [1.54, 1.807) is 0 Å². The second-order valence-corrected chi connectivity index (χ2v) is 32.6. The average Bonchev–Trinajstić information content (AvgIpc) is 1.46. The number of fused-ring (bicyclic) bond motifs is 24. The van der Waals surface area contributed by atoms with Crippen molar-refractivity contribution in [3.8, 4) is 68.8 Å². The molecule has 0 saturated heterocycles. The van der Waals surface area contributed by atoms with Crippen LogP contribution in [0.2, 0.25) is 0 Å². The fourth-order valence-electron chi connectivity index (χ4n) is 20.4. The molecule has 0 spiro atoms. The summed E-state index contributed by atoms with van der Waals surface area (Å²) < 4.78 is 9.41. The molecule has 122 heavy (non-hydrogen) atoms. The molecule has 0 aliphatic heterocycles. The highest BCUT2D eigenvalue weighted by molar-refractivity contribution is 6.96. The Bertz CT molecular complexity index is 8590. The van der Waals surface area contributed by atoms with Gasteiger partial charge in [0, 0.05) is 76.7 Å². The summed E-state index contributed by atoms with van der Waals surface area (Å²) in [5.41, 5.74) is 22.0. The van der Waals surface area contributed by atoms with Gasteiger partial charge in [0.2, 0.25) is 18.6 Å². The van der Waals surface area contributed by atoms with E-state index >= 15 is 0 Å². The van der Waals surface area contributed by atoms with Gasteiger partial charge in [-0.2, -0.15) is 19.9 Å². The van der Waals surface area contributed by atoms with Gasteiger partial charge in [-0.3, -0.25) is 9.13 Å². The van der Waals surface area contributed by atoms with Crippen molar-refractivity contribution in [2.75, 3.05) is 0 Å². The summed E-state index contributed by atoms with van der Waals surface area (Å²) in [6, 6.07) is 137. The first-order valence-corrected chi connectivity index (χ1v) is 41.8. The van der Waals surface area contributed by atoms with E-state index in [9.17, 15) is 0 Å². The van der Waals surface area contributed by atoms with E-state index in [0.717, 1.165) is 121 Å². The highest BCUT2D eigenvalue weighted by Crippen LogP contribution is 2.46. The normalized spacial score (nSPS) is 12.1. The Hall–Kier alpha value is -16.0. The van der Waals surface area contributed by atoms with Crippen molar-refractivity contribution in [3.63, 3.8) is 0 Å². The molecule has 0 aliphatic carbocycles. The summed E-state index contributed by atoms with van der Waals surface area (Å²) in [7, 11) is 0. The summed E-state index contributed by atoms with van der Waals surface area (Å²) in [6.45, 7) is 6.73. The molecule has 0 amide bonds. The van der Waals surface area contributed by atoms with Crippen LogP contribution in [0.15, 0.2) is 376 Å². The number of rotatable bonds is 11. The number of hydrogen-bond donors (Lipinski definition) is 0. The van der Waals surface area contributed by atoms with E-state index in [1.807, 2.05) is 72.8 Å². The Balaban J connectivity index is 0.637. The van der Waals surface area contributed by atoms with Crippen molar-refractivity contribution >= 4 is 175 Å². The van der Waals surface area contributed by atoms with Gasteiger partial charge in [-0.1, -0.05) is 336 Å². The maximum absolute atomic E-state index is 5.31. The summed E-state index contributed by atoms with van der Waals surface area (Å²) >= 11 is 0. The molecule has 6 aromatic heterocycles. The predicted octanol–water partition coefficient (Wildman–Crippen LogP) is 25.5. The number of para-hydroxylation sites is 4. The van der Waals surface area contributed by atoms with E-state index < -0.39 is 0 Å². The molecule has 0 radical (unpaired) electrons. The molecule has 6 heterocycles. The first kappa shape index (κ1) is 69.2. The van der Waals surface area contributed by atoms with E-state index in [4.69, 9.17) is 29.9 Å². The lowest BCUT2D eigenvalue weighted by atomic mass is 9.35. The van der Waals surface area contributed by atoms with Gasteiger partial charge in [0.05, 0.1) is 44.1 Å². The van der Waals surface area contributed by atoms with Crippen molar-refractivity contribution in [2.24, 2.45) is 0 Å². The number of benzene rings is 19. The molecular weight excluding hydrogens is 1480 g/mol. The van der Waals surface area contributed by atoms with Crippen LogP contribution < -0.4 is 16.4 Å². The maximum Gasteiger partial charge on any atom is 0.241 e. The molecule has 0 aliphatic rings. The lowest BCUT2D eigenvalue weighted by Crippen LogP contribution is -2.54. The van der Waals surface area contributed by atoms with Crippen LogP contribution >= 0.6 is 0 Å². The fourth-order valence-corrected chi connectivity index (χ4v) is 20.4. The minimum Gasteiger partial charge on any atom is -0.309 e. The van der Waals surface area contributed by atoms with Crippen LogP contribution in [0.5, 0.6) is 0 Å². The zero-order valence-corrected chi connectivity index (χ0v) is 66.8. The predicted molar refractivity (Wildman–Crippen MR) is 509 cm³/mol. The van der Waals surface area contributed by atoms with E-state index in [0.29, 0.717) is 35.2 Å². The van der Waals surface area contributed by atoms with Gasteiger partial charge < -0.3 is 9.13 Å². The van der Waals surface area contributed by atoms with E-state index in [-0.39, 0.29) is 6.71 Å². The van der Waals surface area contributed by atoms with Crippen LogP contribution in [0.3, 0.4) is 0 Å². The van der Waals surface area contributed by atoms with Crippen molar-refractivity contribution in [2.45, 2.75) is 20.8 Å². The van der Waals surface area contributed by atoms with Crippen molar-refractivity contribution in [3.05, 3.63) is 393 Å². The second-order valence-electron chi connectivity index (χ2n) is 32.6.